The average Bonchev–Trinajstić information content (AvgIpc) is 3.08. The van der Waals surface area contributed by atoms with E-state index in [1.165, 1.54) is 24.0 Å². The first kappa shape index (κ1) is 19.5. The second-order valence-electron chi connectivity index (χ2n) is 6.76. The van der Waals surface area contributed by atoms with E-state index in [-0.39, 0.29) is 18.8 Å². The number of carbonyl (C=O) groups excluding carboxylic acids is 2. The smallest absolute Gasteiger partial charge is 0.310 e. The van der Waals surface area contributed by atoms with Gasteiger partial charge >= 0.3 is 5.97 Å². The van der Waals surface area contributed by atoms with E-state index in [2.05, 4.69) is 19.2 Å². The summed E-state index contributed by atoms with van der Waals surface area (Å²) in [5.74, 6) is -0.372. The van der Waals surface area contributed by atoms with Gasteiger partial charge < -0.3 is 19.6 Å². The maximum atomic E-state index is 12.0. The van der Waals surface area contributed by atoms with Crippen LogP contribution in [0.5, 0.6) is 5.75 Å². The molecule has 0 aliphatic heterocycles. The van der Waals surface area contributed by atoms with Gasteiger partial charge in [0.1, 0.15) is 11.3 Å². The number of amides is 1. The van der Waals surface area contributed by atoms with Gasteiger partial charge in [0.05, 0.1) is 12.7 Å². The third-order valence-electron chi connectivity index (χ3n) is 4.71. The van der Waals surface area contributed by atoms with Crippen LogP contribution >= 0.6 is 0 Å². The van der Waals surface area contributed by atoms with Crippen molar-refractivity contribution >= 4 is 28.5 Å². The molecule has 6 heteroatoms. The Morgan fingerprint density at radius 2 is 1.93 bits per heavy atom. The van der Waals surface area contributed by atoms with Gasteiger partial charge in [-0.05, 0) is 42.2 Å². The number of anilines is 1. The molecule has 0 aliphatic rings. The number of hydrogen-bond acceptors (Lipinski definition) is 5. The van der Waals surface area contributed by atoms with Crippen LogP contribution in [0.1, 0.15) is 37.3 Å². The number of hydrogen-bond donors (Lipinski definition) is 2. The fourth-order valence-electron chi connectivity index (χ4n) is 2.89. The predicted octanol–water partition coefficient (Wildman–Crippen LogP) is 4.38. The Bertz CT molecular complexity index is 974. The molecule has 0 radical (unpaired) electrons. The Morgan fingerprint density at radius 1 is 1.18 bits per heavy atom. The molecule has 1 amide bonds. The molecule has 28 heavy (non-hydrogen) atoms. The van der Waals surface area contributed by atoms with Crippen LogP contribution in [0.25, 0.3) is 11.0 Å². The topological polar surface area (TPSA) is 88.8 Å². The van der Waals surface area contributed by atoms with Gasteiger partial charge in [0.15, 0.2) is 6.61 Å². The van der Waals surface area contributed by atoms with Gasteiger partial charge in [-0.15, -0.1) is 0 Å². The lowest BCUT2D eigenvalue weighted by molar-refractivity contribution is -0.146. The highest BCUT2D eigenvalue weighted by Crippen LogP contribution is 2.25. The number of benzene rings is 2. The number of phenols is 1. The number of rotatable bonds is 7. The predicted molar refractivity (Wildman–Crippen MR) is 106 cm³/mol. The van der Waals surface area contributed by atoms with Crippen LogP contribution < -0.4 is 5.32 Å². The fraction of sp³-hybridized carbons (Fsp3) is 0.273. The summed E-state index contributed by atoms with van der Waals surface area (Å²) in [5.41, 5.74) is 3.00. The standard InChI is InChI=1S/C22H23NO5/c1-3-14(2)15-4-6-17(7-5-15)23-21(25)13-28-22(26)10-16-12-27-20-11-18(24)8-9-19(16)20/h4-9,11-12,14,24H,3,10,13H2,1-2H3,(H,23,25)/t14-/m1/s1. The molecule has 0 aliphatic carbocycles. The SMILES string of the molecule is CC[C@@H](C)c1ccc(NC(=O)COC(=O)Cc2coc3cc(O)ccc23)cc1. The number of aromatic hydroxyl groups is 1. The van der Waals surface area contributed by atoms with Gasteiger partial charge in [-0.25, -0.2) is 0 Å². The molecule has 2 N–H and O–H groups in total. The van der Waals surface area contributed by atoms with Crippen molar-refractivity contribution in [1.29, 1.82) is 0 Å². The summed E-state index contributed by atoms with van der Waals surface area (Å²) < 4.78 is 10.4. The maximum absolute atomic E-state index is 12.0. The summed E-state index contributed by atoms with van der Waals surface area (Å²) in [4.78, 5) is 24.0. The zero-order valence-electron chi connectivity index (χ0n) is 15.9. The van der Waals surface area contributed by atoms with Crippen LogP contribution in [0.15, 0.2) is 53.1 Å². The molecule has 1 aromatic heterocycles. The van der Waals surface area contributed by atoms with Crippen molar-refractivity contribution in [2.24, 2.45) is 0 Å². The minimum Gasteiger partial charge on any atom is -0.508 e. The lowest BCUT2D eigenvalue weighted by Crippen LogP contribution is -2.21. The molecule has 0 fully saturated rings. The number of furan rings is 1. The molecule has 3 rings (SSSR count). The number of carbonyl (C=O) groups is 2. The lowest BCUT2D eigenvalue weighted by Gasteiger charge is -2.10. The zero-order valence-corrected chi connectivity index (χ0v) is 15.9. The third-order valence-corrected chi connectivity index (χ3v) is 4.71. The van der Waals surface area contributed by atoms with E-state index in [0.717, 1.165) is 11.8 Å². The van der Waals surface area contributed by atoms with Crippen LogP contribution in [-0.4, -0.2) is 23.6 Å². The van der Waals surface area contributed by atoms with Crippen molar-refractivity contribution in [3.8, 4) is 5.75 Å². The van der Waals surface area contributed by atoms with E-state index in [4.69, 9.17) is 9.15 Å². The Hall–Kier alpha value is -3.28. The number of ether oxygens (including phenoxy) is 1. The van der Waals surface area contributed by atoms with Crippen molar-refractivity contribution in [1.82, 2.24) is 0 Å². The molecule has 0 bridgehead atoms. The van der Waals surface area contributed by atoms with E-state index in [1.54, 1.807) is 6.07 Å². The van der Waals surface area contributed by atoms with Crippen molar-refractivity contribution in [2.45, 2.75) is 32.6 Å². The molecule has 146 valence electrons. The van der Waals surface area contributed by atoms with Crippen molar-refractivity contribution in [3.63, 3.8) is 0 Å². The summed E-state index contributed by atoms with van der Waals surface area (Å²) >= 11 is 0. The molecule has 0 saturated heterocycles. The van der Waals surface area contributed by atoms with Gasteiger partial charge in [-0.3, -0.25) is 9.59 Å². The van der Waals surface area contributed by atoms with Crippen molar-refractivity contribution in [2.75, 3.05) is 11.9 Å². The Labute approximate surface area is 163 Å². The molecule has 0 unspecified atom stereocenters. The molecule has 1 heterocycles. The summed E-state index contributed by atoms with van der Waals surface area (Å²) in [6.45, 7) is 3.92. The van der Waals surface area contributed by atoms with E-state index in [0.29, 0.717) is 22.8 Å². The highest BCUT2D eigenvalue weighted by Gasteiger charge is 2.14. The van der Waals surface area contributed by atoms with Gasteiger partial charge in [0.25, 0.3) is 5.91 Å². The summed E-state index contributed by atoms with van der Waals surface area (Å²) in [6.07, 6.45) is 2.48. The molecule has 0 saturated carbocycles. The van der Waals surface area contributed by atoms with Crippen LogP contribution in [0, 0.1) is 0 Å². The highest BCUT2D eigenvalue weighted by molar-refractivity contribution is 5.93. The normalized spacial score (nSPS) is 11.9. The lowest BCUT2D eigenvalue weighted by atomic mass is 9.99. The van der Waals surface area contributed by atoms with Crippen LogP contribution in [-0.2, 0) is 20.7 Å². The summed E-state index contributed by atoms with van der Waals surface area (Å²) in [6, 6.07) is 12.3. The molecular weight excluding hydrogens is 358 g/mol. The molecule has 0 spiro atoms. The molecular formula is C22H23NO5. The Balaban J connectivity index is 1.50. The third kappa shape index (κ3) is 4.71. The highest BCUT2D eigenvalue weighted by atomic mass is 16.5. The molecule has 1 atom stereocenters. The quantitative estimate of drug-likeness (QED) is 0.593. The van der Waals surface area contributed by atoms with Crippen molar-refractivity contribution < 1.29 is 23.8 Å². The average molecular weight is 381 g/mol. The summed E-state index contributed by atoms with van der Waals surface area (Å²) in [7, 11) is 0. The largest absolute Gasteiger partial charge is 0.508 e. The zero-order chi connectivity index (χ0) is 20.1. The number of nitrogens with one attached hydrogen (secondary N) is 1. The van der Waals surface area contributed by atoms with Crippen LogP contribution in [0.4, 0.5) is 5.69 Å². The fourth-order valence-corrected chi connectivity index (χ4v) is 2.89. The Morgan fingerprint density at radius 3 is 2.64 bits per heavy atom. The molecule has 6 nitrogen and oxygen atoms in total. The van der Waals surface area contributed by atoms with E-state index < -0.39 is 11.9 Å². The molecule has 3 aromatic rings. The first-order chi connectivity index (χ1) is 13.5. The first-order valence-electron chi connectivity index (χ1n) is 9.20. The monoisotopic (exact) mass is 381 g/mol. The van der Waals surface area contributed by atoms with Crippen molar-refractivity contribution in [3.05, 3.63) is 59.9 Å². The van der Waals surface area contributed by atoms with Gasteiger partial charge in [-0.1, -0.05) is 26.0 Å². The van der Waals surface area contributed by atoms with Gasteiger partial charge in [0.2, 0.25) is 0 Å². The molecule has 2 aromatic carbocycles. The van der Waals surface area contributed by atoms with E-state index >= 15 is 0 Å². The second kappa shape index (κ2) is 8.61. The van der Waals surface area contributed by atoms with E-state index in [1.807, 2.05) is 24.3 Å². The minimum atomic E-state index is -0.530. The number of phenolic OH excluding ortho intramolecular Hbond substituents is 1. The maximum Gasteiger partial charge on any atom is 0.310 e. The first-order valence-corrected chi connectivity index (χ1v) is 9.20. The summed E-state index contributed by atoms with van der Waals surface area (Å²) in [5, 5.41) is 12.9. The van der Waals surface area contributed by atoms with E-state index in [9.17, 15) is 14.7 Å². The van der Waals surface area contributed by atoms with Crippen LogP contribution in [0.2, 0.25) is 0 Å². The number of esters is 1. The van der Waals surface area contributed by atoms with Gasteiger partial charge in [-0.2, -0.15) is 0 Å². The second-order valence-corrected chi connectivity index (χ2v) is 6.76. The minimum absolute atomic E-state index is 0.0192. The van der Waals surface area contributed by atoms with Gasteiger partial charge in [0, 0.05) is 22.7 Å². The van der Waals surface area contributed by atoms with Crippen LogP contribution in [0.3, 0.4) is 0 Å². The Kier molecular flexibility index (Phi) is 5.99. The number of fused-ring (bicyclic) bond motifs is 1.